The highest BCUT2D eigenvalue weighted by atomic mass is 32.1. The molecule has 1 unspecified atom stereocenters. The van der Waals surface area contributed by atoms with Gasteiger partial charge in [0.15, 0.2) is 5.82 Å². The molecule has 0 aliphatic rings. The van der Waals surface area contributed by atoms with E-state index in [1.54, 1.807) is 4.68 Å². The molecule has 2 aromatic heterocycles. The van der Waals surface area contributed by atoms with Gasteiger partial charge < -0.3 is 5.32 Å². The number of benzene rings is 1. The summed E-state index contributed by atoms with van der Waals surface area (Å²) in [6.07, 6.45) is 0. The van der Waals surface area contributed by atoms with Gasteiger partial charge >= 0.3 is 0 Å². The number of aryl methyl sites for hydroxylation is 1. The first kappa shape index (κ1) is 13.9. The van der Waals surface area contributed by atoms with Crippen LogP contribution in [0, 0.1) is 6.92 Å². The summed E-state index contributed by atoms with van der Waals surface area (Å²) in [7, 11) is 0. The second-order valence-electron chi connectivity index (χ2n) is 4.89. The summed E-state index contributed by atoms with van der Waals surface area (Å²) in [5.74, 6) is 0.807. The first-order valence-electron chi connectivity index (χ1n) is 6.86. The number of tetrazole rings is 1. The number of aromatic nitrogens is 4. The van der Waals surface area contributed by atoms with Crippen molar-refractivity contribution in [2.45, 2.75) is 26.4 Å². The topological polar surface area (TPSA) is 55.6 Å². The van der Waals surface area contributed by atoms with Gasteiger partial charge in [-0.05, 0) is 48.5 Å². The number of para-hydroxylation sites is 1. The number of hydrogen-bond acceptors (Lipinski definition) is 5. The van der Waals surface area contributed by atoms with E-state index in [1.807, 2.05) is 41.7 Å². The Morgan fingerprint density at radius 2 is 2.00 bits per heavy atom. The Balaban J connectivity index is 1.70. The highest BCUT2D eigenvalue weighted by Crippen LogP contribution is 2.22. The van der Waals surface area contributed by atoms with Crippen molar-refractivity contribution in [3.63, 3.8) is 0 Å². The predicted molar refractivity (Wildman–Crippen MR) is 83.5 cm³/mol. The van der Waals surface area contributed by atoms with Crippen molar-refractivity contribution in [3.8, 4) is 5.69 Å². The SMILES string of the molecule is Cc1ccc(C(C)NCc2nnnn2-c2ccccc2)s1. The van der Waals surface area contributed by atoms with Crippen LogP contribution >= 0.6 is 11.3 Å². The van der Waals surface area contributed by atoms with E-state index in [-0.39, 0.29) is 6.04 Å². The molecule has 6 heteroatoms. The number of hydrogen-bond donors (Lipinski definition) is 1. The molecule has 0 bridgehead atoms. The molecule has 21 heavy (non-hydrogen) atoms. The van der Waals surface area contributed by atoms with Crippen molar-refractivity contribution < 1.29 is 0 Å². The first-order chi connectivity index (χ1) is 10.2. The summed E-state index contributed by atoms with van der Waals surface area (Å²) in [4.78, 5) is 2.65. The summed E-state index contributed by atoms with van der Waals surface area (Å²) in [5.41, 5.74) is 0.971. The molecule has 0 saturated carbocycles. The van der Waals surface area contributed by atoms with E-state index in [0.717, 1.165) is 11.5 Å². The van der Waals surface area contributed by atoms with E-state index >= 15 is 0 Å². The molecule has 0 radical (unpaired) electrons. The second-order valence-corrected chi connectivity index (χ2v) is 6.21. The fourth-order valence-corrected chi connectivity index (χ4v) is 3.02. The second kappa shape index (κ2) is 6.15. The molecular formula is C15H17N5S. The monoisotopic (exact) mass is 299 g/mol. The van der Waals surface area contributed by atoms with Crippen molar-refractivity contribution in [1.29, 1.82) is 0 Å². The minimum absolute atomic E-state index is 0.282. The summed E-state index contributed by atoms with van der Waals surface area (Å²) in [6.45, 7) is 4.90. The predicted octanol–water partition coefficient (Wildman–Crippen LogP) is 2.88. The molecule has 1 N–H and O–H groups in total. The Kier molecular flexibility index (Phi) is 4.08. The van der Waals surface area contributed by atoms with Gasteiger partial charge in [0.25, 0.3) is 0 Å². The van der Waals surface area contributed by atoms with Gasteiger partial charge in [-0.2, -0.15) is 4.68 Å². The largest absolute Gasteiger partial charge is 0.302 e. The van der Waals surface area contributed by atoms with Gasteiger partial charge in [0.1, 0.15) is 0 Å². The smallest absolute Gasteiger partial charge is 0.170 e. The van der Waals surface area contributed by atoms with Crippen LogP contribution in [0.4, 0.5) is 0 Å². The number of rotatable bonds is 5. The summed E-state index contributed by atoms with van der Waals surface area (Å²) < 4.78 is 1.76. The number of nitrogens with one attached hydrogen (secondary N) is 1. The fraction of sp³-hybridized carbons (Fsp3) is 0.267. The third-order valence-electron chi connectivity index (χ3n) is 3.29. The van der Waals surface area contributed by atoms with Crippen LogP contribution in [0.2, 0.25) is 0 Å². The van der Waals surface area contributed by atoms with Crippen LogP contribution in [0.25, 0.3) is 5.69 Å². The average Bonchev–Trinajstić information content (AvgIpc) is 3.14. The summed E-state index contributed by atoms with van der Waals surface area (Å²) in [5, 5.41) is 15.4. The Bertz CT molecular complexity index is 704. The van der Waals surface area contributed by atoms with Gasteiger partial charge in [0.2, 0.25) is 0 Å². The molecule has 0 saturated heterocycles. The lowest BCUT2D eigenvalue weighted by molar-refractivity contribution is 0.557. The highest BCUT2D eigenvalue weighted by Gasteiger charge is 2.11. The van der Waals surface area contributed by atoms with Crippen LogP contribution in [-0.4, -0.2) is 20.2 Å². The fourth-order valence-electron chi connectivity index (χ4n) is 2.12. The first-order valence-corrected chi connectivity index (χ1v) is 7.68. The van der Waals surface area contributed by atoms with E-state index in [9.17, 15) is 0 Å². The molecule has 0 fully saturated rings. The standard InChI is InChI=1S/C15H17N5S/c1-11-8-9-14(21-11)12(2)16-10-15-17-18-19-20(15)13-6-4-3-5-7-13/h3-9,12,16H,10H2,1-2H3. The Hall–Kier alpha value is -2.05. The van der Waals surface area contributed by atoms with Crippen LogP contribution in [0.5, 0.6) is 0 Å². The van der Waals surface area contributed by atoms with E-state index < -0.39 is 0 Å². The zero-order valence-corrected chi connectivity index (χ0v) is 12.8. The van der Waals surface area contributed by atoms with Crippen molar-refractivity contribution in [2.75, 3.05) is 0 Å². The molecule has 108 valence electrons. The van der Waals surface area contributed by atoms with E-state index in [1.165, 1.54) is 9.75 Å². The lowest BCUT2D eigenvalue weighted by atomic mass is 10.2. The maximum absolute atomic E-state index is 4.11. The maximum atomic E-state index is 4.11. The van der Waals surface area contributed by atoms with Crippen LogP contribution in [0.1, 0.15) is 28.5 Å². The highest BCUT2D eigenvalue weighted by molar-refractivity contribution is 7.12. The van der Waals surface area contributed by atoms with Gasteiger partial charge in [-0.1, -0.05) is 18.2 Å². The Morgan fingerprint density at radius 3 is 2.71 bits per heavy atom. The van der Waals surface area contributed by atoms with Crippen LogP contribution in [-0.2, 0) is 6.54 Å². The lowest BCUT2D eigenvalue weighted by Gasteiger charge is -2.11. The molecule has 3 rings (SSSR count). The van der Waals surface area contributed by atoms with Crippen LogP contribution < -0.4 is 5.32 Å². The van der Waals surface area contributed by atoms with Gasteiger partial charge in [0.05, 0.1) is 12.2 Å². The van der Waals surface area contributed by atoms with Gasteiger partial charge in [-0.25, -0.2) is 0 Å². The molecular weight excluding hydrogens is 282 g/mol. The van der Waals surface area contributed by atoms with Gasteiger partial charge in [0, 0.05) is 15.8 Å². The molecule has 5 nitrogen and oxygen atoms in total. The lowest BCUT2D eigenvalue weighted by Crippen LogP contribution is -2.20. The zero-order chi connectivity index (χ0) is 14.7. The molecule has 1 aromatic carbocycles. The minimum atomic E-state index is 0.282. The molecule has 2 heterocycles. The zero-order valence-electron chi connectivity index (χ0n) is 12.0. The number of nitrogens with zero attached hydrogens (tertiary/aromatic N) is 4. The Morgan fingerprint density at radius 1 is 1.19 bits per heavy atom. The van der Waals surface area contributed by atoms with Crippen molar-refractivity contribution in [2.24, 2.45) is 0 Å². The molecule has 3 aromatic rings. The van der Waals surface area contributed by atoms with Crippen molar-refractivity contribution >= 4 is 11.3 Å². The van der Waals surface area contributed by atoms with Gasteiger partial charge in [-0.15, -0.1) is 16.4 Å². The van der Waals surface area contributed by atoms with Crippen LogP contribution in [0.15, 0.2) is 42.5 Å². The number of thiophene rings is 1. The summed E-state index contributed by atoms with van der Waals surface area (Å²) in [6, 6.07) is 14.5. The molecule has 0 amide bonds. The average molecular weight is 299 g/mol. The molecule has 0 aliphatic carbocycles. The maximum Gasteiger partial charge on any atom is 0.170 e. The minimum Gasteiger partial charge on any atom is -0.302 e. The third-order valence-corrected chi connectivity index (χ3v) is 4.47. The third kappa shape index (κ3) is 3.17. The quantitative estimate of drug-likeness (QED) is 0.787. The van der Waals surface area contributed by atoms with Crippen LogP contribution in [0.3, 0.4) is 0 Å². The Labute approximate surface area is 127 Å². The normalized spacial score (nSPS) is 12.5. The van der Waals surface area contributed by atoms with E-state index in [4.69, 9.17) is 0 Å². The molecule has 0 spiro atoms. The molecule has 0 aliphatic heterocycles. The van der Waals surface area contributed by atoms with E-state index in [0.29, 0.717) is 6.54 Å². The molecule has 1 atom stereocenters. The summed E-state index contributed by atoms with van der Waals surface area (Å²) >= 11 is 1.81. The van der Waals surface area contributed by atoms with Gasteiger partial charge in [-0.3, -0.25) is 0 Å². The van der Waals surface area contributed by atoms with Crippen molar-refractivity contribution in [1.82, 2.24) is 25.5 Å². The van der Waals surface area contributed by atoms with E-state index in [2.05, 4.69) is 46.8 Å². The van der Waals surface area contributed by atoms with Crippen molar-refractivity contribution in [3.05, 3.63) is 58.0 Å².